The highest BCUT2D eigenvalue weighted by atomic mass is 19.1. The second kappa shape index (κ2) is 11.3. The molecule has 0 saturated carbocycles. The number of carboxylic acid groups (broad SMARTS) is 1. The lowest BCUT2D eigenvalue weighted by atomic mass is 10.0. The van der Waals surface area contributed by atoms with E-state index in [1.165, 1.54) is 12.3 Å². The second-order valence-corrected chi connectivity index (χ2v) is 7.22. The van der Waals surface area contributed by atoms with E-state index in [0.29, 0.717) is 30.9 Å². The Kier molecular flexibility index (Phi) is 8.80. The van der Waals surface area contributed by atoms with Crippen LogP contribution in [0.1, 0.15) is 12.8 Å². The van der Waals surface area contributed by atoms with Crippen molar-refractivity contribution >= 4 is 23.9 Å². The van der Waals surface area contributed by atoms with Crippen LogP contribution in [0, 0.1) is 11.6 Å². The first-order chi connectivity index (χ1) is 14.8. The minimum atomic E-state index is -0.992. The summed E-state index contributed by atoms with van der Waals surface area (Å²) in [7, 11) is 3.70. The van der Waals surface area contributed by atoms with E-state index >= 15 is 0 Å². The van der Waals surface area contributed by atoms with E-state index in [4.69, 9.17) is 9.90 Å². The zero-order valence-electron chi connectivity index (χ0n) is 17.3. The molecule has 1 aliphatic heterocycles. The van der Waals surface area contributed by atoms with Crippen LogP contribution < -0.4 is 10.2 Å². The number of alkyl halides is 1. The molecule has 1 aromatic heterocycles. The highest BCUT2D eigenvalue weighted by Gasteiger charge is 2.27. The first kappa shape index (κ1) is 24.1. The molecule has 0 spiro atoms. The number of amides is 1. The molecule has 1 amide bonds. The van der Waals surface area contributed by atoms with Gasteiger partial charge in [0.2, 0.25) is 5.91 Å². The van der Waals surface area contributed by atoms with Crippen LogP contribution in [0.25, 0.3) is 11.1 Å². The number of halogens is 3. The third-order valence-electron chi connectivity index (χ3n) is 4.63. The van der Waals surface area contributed by atoms with Crippen molar-refractivity contribution in [3.05, 3.63) is 42.1 Å². The fourth-order valence-corrected chi connectivity index (χ4v) is 3.18. The minimum Gasteiger partial charge on any atom is -0.483 e. The van der Waals surface area contributed by atoms with Crippen molar-refractivity contribution in [1.82, 2.24) is 9.88 Å². The van der Waals surface area contributed by atoms with Crippen LogP contribution in [-0.4, -0.2) is 67.3 Å². The Morgan fingerprint density at radius 1 is 1.32 bits per heavy atom. The van der Waals surface area contributed by atoms with E-state index in [0.717, 1.165) is 18.2 Å². The molecule has 0 bridgehead atoms. The summed E-state index contributed by atoms with van der Waals surface area (Å²) in [5.41, 5.74) is 0.593. The zero-order chi connectivity index (χ0) is 23.0. The molecule has 1 fully saturated rings. The molecule has 2 heterocycles. The Morgan fingerprint density at radius 2 is 2.03 bits per heavy atom. The maximum atomic E-state index is 14.4. The largest absolute Gasteiger partial charge is 0.483 e. The predicted molar refractivity (Wildman–Crippen MR) is 112 cm³/mol. The average Bonchev–Trinajstić information content (AvgIpc) is 3.15. The molecule has 10 heteroatoms. The van der Waals surface area contributed by atoms with E-state index in [1.807, 2.05) is 19.0 Å². The Bertz CT molecular complexity index is 911. The number of nitrogens with zero attached hydrogens (tertiary/aromatic N) is 3. The zero-order valence-corrected chi connectivity index (χ0v) is 17.3. The van der Waals surface area contributed by atoms with Gasteiger partial charge in [-0.15, -0.1) is 0 Å². The maximum Gasteiger partial charge on any atom is 0.290 e. The number of carbonyl (C=O) groups is 2. The quantitative estimate of drug-likeness (QED) is 0.674. The van der Waals surface area contributed by atoms with E-state index in [9.17, 15) is 18.0 Å². The summed E-state index contributed by atoms with van der Waals surface area (Å²) >= 11 is 0. The summed E-state index contributed by atoms with van der Waals surface area (Å²) in [6.45, 7) is 0.855. The molecule has 1 aromatic carbocycles. The van der Waals surface area contributed by atoms with Gasteiger partial charge in [0, 0.05) is 36.8 Å². The summed E-state index contributed by atoms with van der Waals surface area (Å²) < 4.78 is 41.9. The van der Waals surface area contributed by atoms with Gasteiger partial charge in [0.15, 0.2) is 5.82 Å². The van der Waals surface area contributed by atoms with Gasteiger partial charge in [0.05, 0.1) is 12.2 Å². The Hall–Kier alpha value is -3.14. The average molecular weight is 438 g/mol. The monoisotopic (exact) mass is 438 g/mol. The predicted octanol–water partition coefficient (Wildman–Crippen LogP) is 3.17. The van der Waals surface area contributed by atoms with Gasteiger partial charge in [0.1, 0.15) is 17.8 Å². The lowest BCUT2D eigenvalue weighted by Crippen LogP contribution is -2.25. The third kappa shape index (κ3) is 6.68. The van der Waals surface area contributed by atoms with Gasteiger partial charge in [-0.1, -0.05) is 0 Å². The number of nitrogens with one attached hydrogen (secondary N) is 1. The van der Waals surface area contributed by atoms with Gasteiger partial charge in [-0.25, -0.2) is 18.2 Å². The van der Waals surface area contributed by atoms with Gasteiger partial charge in [-0.3, -0.25) is 9.59 Å². The van der Waals surface area contributed by atoms with Gasteiger partial charge >= 0.3 is 0 Å². The number of hydrogen-bond donors (Lipinski definition) is 2. The van der Waals surface area contributed by atoms with Gasteiger partial charge in [-0.05, 0) is 44.8 Å². The van der Waals surface area contributed by atoms with E-state index in [2.05, 4.69) is 10.3 Å². The molecule has 1 saturated heterocycles. The number of pyridine rings is 1. The van der Waals surface area contributed by atoms with Gasteiger partial charge < -0.3 is 20.2 Å². The van der Waals surface area contributed by atoms with E-state index in [1.54, 1.807) is 4.90 Å². The van der Waals surface area contributed by atoms with Gasteiger partial charge in [0.25, 0.3) is 6.47 Å². The van der Waals surface area contributed by atoms with Crippen LogP contribution in [0.3, 0.4) is 0 Å². The number of rotatable bonds is 6. The third-order valence-corrected chi connectivity index (χ3v) is 4.63. The van der Waals surface area contributed by atoms with Crippen LogP contribution in [-0.2, 0) is 9.59 Å². The van der Waals surface area contributed by atoms with Crippen molar-refractivity contribution < 1.29 is 27.9 Å². The smallest absolute Gasteiger partial charge is 0.290 e. The van der Waals surface area contributed by atoms with Crippen LogP contribution >= 0.6 is 0 Å². The molecule has 1 aliphatic rings. The highest BCUT2D eigenvalue weighted by molar-refractivity contribution is 5.99. The topological polar surface area (TPSA) is 85.8 Å². The van der Waals surface area contributed by atoms with Crippen molar-refractivity contribution in [3.63, 3.8) is 0 Å². The number of anilines is 2. The molecule has 168 valence electrons. The van der Waals surface area contributed by atoms with Gasteiger partial charge in [-0.2, -0.15) is 0 Å². The molecule has 1 atom stereocenters. The fraction of sp³-hybridized carbons (Fsp3) is 0.381. The molecule has 7 nitrogen and oxygen atoms in total. The van der Waals surface area contributed by atoms with Crippen molar-refractivity contribution in [2.24, 2.45) is 0 Å². The van der Waals surface area contributed by atoms with Crippen molar-refractivity contribution in [3.8, 4) is 11.1 Å². The summed E-state index contributed by atoms with van der Waals surface area (Å²) in [6.07, 6.45) is 1.04. The Labute approximate surface area is 178 Å². The molecule has 31 heavy (non-hydrogen) atoms. The van der Waals surface area contributed by atoms with Crippen molar-refractivity contribution in [2.75, 3.05) is 43.9 Å². The van der Waals surface area contributed by atoms with Crippen LogP contribution in [0.4, 0.5) is 24.7 Å². The first-order valence-electron chi connectivity index (χ1n) is 9.62. The first-order valence-corrected chi connectivity index (χ1v) is 9.62. The van der Waals surface area contributed by atoms with Crippen LogP contribution in [0.15, 0.2) is 30.5 Å². The van der Waals surface area contributed by atoms with Crippen molar-refractivity contribution in [2.45, 2.75) is 19.0 Å². The molecule has 0 radical (unpaired) electrons. The summed E-state index contributed by atoms with van der Waals surface area (Å²) in [5, 5.41) is 9.68. The summed E-state index contributed by atoms with van der Waals surface area (Å²) in [5.74, 6) is -1.13. The maximum absolute atomic E-state index is 14.4. The molecule has 3 rings (SSSR count). The molecule has 1 unspecified atom stereocenters. The fourth-order valence-electron chi connectivity index (χ4n) is 3.18. The molecule has 2 aromatic rings. The molecular weight excluding hydrogens is 413 g/mol. The van der Waals surface area contributed by atoms with Crippen LogP contribution in [0.2, 0.25) is 0 Å². The van der Waals surface area contributed by atoms with Crippen LogP contribution in [0.5, 0.6) is 0 Å². The van der Waals surface area contributed by atoms with E-state index < -0.39 is 17.8 Å². The molecule has 2 N–H and O–H groups in total. The molecular formula is C21H25F3N4O3. The number of benzene rings is 1. The normalized spacial score (nSPS) is 15.4. The number of hydrogen-bond acceptors (Lipinski definition) is 5. The SMILES string of the molecule is CN(C)CCC(=O)Nc1c(-c2cc(F)ccc2F)ccnc1N1CCC(F)C1.O=CO. The minimum absolute atomic E-state index is 0.0163. The molecule has 0 aliphatic carbocycles. The lowest BCUT2D eigenvalue weighted by molar-refractivity contribution is -0.123. The standard InChI is InChI=1S/C20H23F3N4O.CH2O2/c1-26(2)9-7-18(28)25-19-15(16-11-13(21)3-4-17(16)23)5-8-24-20(19)27-10-6-14(22)12-27;2-1-3/h3-5,8,11,14H,6-7,9-10,12H2,1-2H3,(H,25,28);1H,(H,2,3). The summed E-state index contributed by atoms with van der Waals surface area (Å²) in [6, 6.07) is 4.66. The lowest BCUT2D eigenvalue weighted by Gasteiger charge is -2.23. The number of carbonyl (C=O) groups excluding carboxylic acids is 1. The Balaban J connectivity index is 0.00000107. The van der Waals surface area contributed by atoms with Crippen molar-refractivity contribution in [1.29, 1.82) is 0 Å². The van der Waals surface area contributed by atoms with E-state index in [-0.39, 0.29) is 36.6 Å². The highest BCUT2D eigenvalue weighted by Crippen LogP contribution is 2.37. The summed E-state index contributed by atoms with van der Waals surface area (Å²) in [4.78, 5) is 28.7. The number of aromatic nitrogens is 1. The Morgan fingerprint density at radius 3 is 2.65 bits per heavy atom. The second-order valence-electron chi connectivity index (χ2n) is 7.22.